The van der Waals surface area contributed by atoms with E-state index in [0.29, 0.717) is 0 Å². The molecule has 0 spiro atoms. The van der Waals surface area contributed by atoms with Gasteiger partial charge in [0.1, 0.15) is 12.1 Å². The molecule has 0 saturated carbocycles. The van der Waals surface area contributed by atoms with Crippen LogP contribution in [0, 0.1) is 0 Å². The second-order valence-corrected chi connectivity index (χ2v) is 3.42. The van der Waals surface area contributed by atoms with Crippen LogP contribution in [-0.4, -0.2) is 18.1 Å². The first-order valence-corrected chi connectivity index (χ1v) is 5.07. The fraction of sp³-hybridized carbons (Fsp3) is 0.900. The normalized spacial score (nSPS) is 13.0. The Morgan fingerprint density at radius 1 is 1.31 bits per heavy atom. The third-order valence-corrected chi connectivity index (χ3v) is 1.88. The summed E-state index contributed by atoms with van der Waals surface area (Å²) in [6, 6.07) is -0.504. The molecule has 0 aromatic rings. The van der Waals surface area contributed by atoms with E-state index in [2.05, 4.69) is 13.8 Å². The number of esters is 1. The minimum atomic E-state index is -0.504. The van der Waals surface area contributed by atoms with Gasteiger partial charge >= 0.3 is 5.97 Å². The molecule has 0 bridgehead atoms. The molecule has 1 atom stereocenters. The molecule has 3 nitrogen and oxygen atoms in total. The van der Waals surface area contributed by atoms with E-state index < -0.39 is 6.04 Å². The highest BCUT2D eigenvalue weighted by molar-refractivity contribution is 5.75. The van der Waals surface area contributed by atoms with Gasteiger partial charge < -0.3 is 10.5 Å². The van der Waals surface area contributed by atoms with Crippen molar-refractivity contribution < 1.29 is 9.53 Å². The Morgan fingerprint density at radius 3 is 2.08 bits per heavy atom. The van der Waals surface area contributed by atoms with Gasteiger partial charge in [0.15, 0.2) is 0 Å². The van der Waals surface area contributed by atoms with E-state index in [-0.39, 0.29) is 12.1 Å². The maximum absolute atomic E-state index is 11.2. The summed E-state index contributed by atoms with van der Waals surface area (Å²) in [4.78, 5) is 11.2. The highest BCUT2D eigenvalue weighted by Gasteiger charge is 2.15. The zero-order valence-corrected chi connectivity index (χ0v) is 8.88. The van der Waals surface area contributed by atoms with Crippen molar-refractivity contribution in [1.29, 1.82) is 0 Å². The first kappa shape index (κ1) is 12.4. The second-order valence-electron chi connectivity index (χ2n) is 3.42. The van der Waals surface area contributed by atoms with Gasteiger partial charge in [0.2, 0.25) is 0 Å². The van der Waals surface area contributed by atoms with Gasteiger partial charge in [-0.1, -0.05) is 26.7 Å². The topological polar surface area (TPSA) is 52.3 Å². The Balaban J connectivity index is 3.86. The van der Waals surface area contributed by atoms with Crippen molar-refractivity contribution in [2.45, 2.75) is 58.6 Å². The Kier molecular flexibility index (Phi) is 6.59. The number of hydrogen-bond donors (Lipinski definition) is 1. The van der Waals surface area contributed by atoms with Crippen molar-refractivity contribution >= 4 is 5.97 Å². The van der Waals surface area contributed by atoms with Crippen LogP contribution >= 0.6 is 0 Å². The van der Waals surface area contributed by atoms with Crippen molar-refractivity contribution in [3.8, 4) is 0 Å². The zero-order chi connectivity index (χ0) is 10.3. The molecule has 0 aliphatic carbocycles. The van der Waals surface area contributed by atoms with Crippen LogP contribution in [0.1, 0.15) is 46.5 Å². The fourth-order valence-corrected chi connectivity index (χ4v) is 1.18. The molecule has 0 fully saturated rings. The average Bonchev–Trinajstić information content (AvgIpc) is 2.05. The van der Waals surface area contributed by atoms with Crippen LogP contribution in [0.5, 0.6) is 0 Å². The van der Waals surface area contributed by atoms with Gasteiger partial charge in [0, 0.05) is 0 Å². The SMILES string of the molecule is CCCC(CCC)OC(=O)C(C)N. The maximum Gasteiger partial charge on any atom is 0.322 e. The average molecular weight is 187 g/mol. The lowest BCUT2D eigenvalue weighted by molar-refractivity contribution is -0.150. The standard InChI is InChI=1S/C10H21NO2/c1-4-6-9(7-5-2)13-10(12)8(3)11/h8-9H,4-7,11H2,1-3H3. The molecule has 0 radical (unpaired) electrons. The predicted octanol–water partition coefficient (Wildman–Crippen LogP) is 1.85. The predicted molar refractivity (Wildman–Crippen MR) is 53.3 cm³/mol. The van der Waals surface area contributed by atoms with Crippen LogP contribution in [-0.2, 0) is 9.53 Å². The first-order valence-electron chi connectivity index (χ1n) is 5.07. The van der Waals surface area contributed by atoms with Crippen LogP contribution < -0.4 is 5.73 Å². The van der Waals surface area contributed by atoms with E-state index in [1.165, 1.54) is 0 Å². The lowest BCUT2D eigenvalue weighted by Crippen LogP contribution is -2.32. The summed E-state index contributed by atoms with van der Waals surface area (Å²) in [7, 11) is 0. The summed E-state index contributed by atoms with van der Waals surface area (Å²) in [5, 5.41) is 0. The summed E-state index contributed by atoms with van der Waals surface area (Å²) >= 11 is 0. The van der Waals surface area contributed by atoms with Crippen LogP contribution in [0.25, 0.3) is 0 Å². The number of carbonyl (C=O) groups is 1. The van der Waals surface area contributed by atoms with Gasteiger partial charge in [0.25, 0.3) is 0 Å². The Hall–Kier alpha value is -0.570. The summed E-state index contributed by atoms with van der Waals surface area (Å²) < 4.78 is 5.23. The summed E-state index contributed by atoms with van der Waals surface area (Å²) in [6.07, 6.45) is 4.01. The molecule has 0 aromatic heterocycles. The monoisotopic (exact) mass is 187 g/mol. The molecular weight excluding hydrogens is 166 g/mol. The van der Waals surface area contributed by atoms with Crippen LogP contribution in [0.3, 0.4) is 0 Å². The molecule has 0 heterocycles. The van der Waals surface area contributed by atoms with Gasteiger partial charge in [-0.15, -0.1) is 0 Å². The zero-order valence-electron chi connectivity index (χ0n) is 8.88. The molecule has 13 heavy (non-hydrogen) atoms. The minimum absolute atomic E-state index is 0.0634. The van der Waals surface area contributed by atoms with Gasteiger partial charge in [-0.05, 0) is 19.8 Å². The number of carbonyl (C=O) groups excluding carboxylic acids is 1. The first-order chi connectivity index (χ1) is 6.11. The van der Waals surface area contributed by atoms with E-state index in [1.54, 1.807) is 6.92 Å². The van der Waals surface area contributed by atoms with Gasteiger partial charge in [-0.3, -0.25) is 4.79 Å². The van der Waals surface area contributed by atoms with Crippen molar-refractivity contribution in [2.75, 3.05) is 0 Å². The molecule has 0 rings (SSSR count). The molecule has 0 aromatic carbocycles. The number of nitrogens with two attached hydrogens (primary N) is 1. The summed E-state index contributed by atoms with van der Waals surface area (Å²) in [6.45, 7) is 5.82. The largest absolute Gasteiger partial charge is 0.461 e. The van der Waals surface area contributed by atoms with E-state index in [0.717, 1.165) is 25.7 Å². The van der Waals surface area contributed by atoms with Crippen molar-refractivity contribution in [3.63, 3.8) is 0 Å². The van der Waals surface area contributed by atoms with Crippen LogP contribution in [0.2, 0.25) is 0 Å². The number of hydrogen-bond acceptors (Lipinski definition) is 3. The molecule has 2 N–H and O–H groups in total. The third-order valence-electron chi connectivity index (χ3n) is 1.88. The third kappa shape index (κ3) is 5.64. The van der Waals surface area contributed by atoms with Gasteiger partial charge in [-0.25, -0.2) is 0 Å². The Labute approximate surface area is 80.6 Å². The molecule has 0 amide bonds. The number of ether oxygens (including phenoxy) is 1. The molecule has 0 aliphatic rings. The molecule has 78 valence electrons. The number of rotatable bonds is 6. The highest BCUT2D eigenvalue weighted by Crippen LogP contribution is 2.09. The fourth-order valence-electron chi connectivity index (χ4n) is 1.18. The highest BCUT2D eigenvalue weighted by atomic mass is 16.5. The Morgan fingerprint density at radius 2 is 1.77 bits per heavy atom. The minimum Gasteiger partial charge on any atom is -0.461 e. The van der Waals surface area contributed by atoms with E-state index in [9.17, 15) is 4.79 Å². The Bertz CT molecular complexity index is 140. The summed E-state index contributed by atoms with van der Waals surface area (Å²) in [5.41, 5.74) is 5.40. The van der Waals surface area contributed by atoms with E-state index >= 15 is 0 Å². The van der Waals surface area contributed by atoms with Crippen molar-refractivity contribution in [2.24, 2.45) is 5.73 Å². The molecule has 3 heteroatoms. The molecule has 1 unspecified atom stereocenters. The van der Waals surface area contributed by atoms with E-state index in [1.807, 2.05) is 0 Å². The van der Waals surface area contributed by atoms with E-state index in [4.69, 9.17) is 10.5 Å². The molecular formula is C10H21NO2. The lowest BCUT2D eigenvalue weighted by atomic mass is 10.1. The quantitative estimate of drug-likeness (QED) is 0.645. The van der Waals surface area contributed by atoms with Crippen molar-refractivity contribution in [1.82, 2.24) is 0 Å². The second kappa shape index (κ2) is 6.89. The van der Waals surface area contributed by atoms with Gasteiger partial charge in [-0.2, -0.15) is 0 Å². The molecule has 0 saturated heterocycles. The smallest absolute Gasteiger partial charge is 0.322 e. The van der Waals surface area contributed by atoms with Crippen LogP contribution in [0.15, 0.2) is 0 Å². The molecule has 0 aliphatic heterocycles. The maximum atomic E-state index is 11.2. The lowest BCUT2D eigenvalue weighted by Gasteiger charge is -2.17. The van der Waals surface area contributed by atoms with Crippen molar-refractivity contribution in [3.05, 3.63) is 0 Å². The van der Waals surface area contributed by atoms with Gasteiger partial charge in [0.05, 0.1) is 0 Å². The van der Waals surface area contributed by atoms with Crippen LogP contribution in [0.4, 0.5) is 0 Å². The summed E-state index contributed by atoms with van der Waals surface area (Å²) in [5.74, 6) is -0.285.